The summed E-state index contributed by atoms with van der Waals surface area (Å²) in [6, 6.07) is 18.9. The quantitative estimate of drug-likeness (QED) is 0.436. The van der Waals surface area contributed by atoms with Gasteiger partial charge in [0.2, 0.25) is 0 Å². The first-order valence-corrected chi connectivity index (χ1v) is 9.01. The Kier molecular flexibility index (Phi) is 6.08. The van der Waals surface area contributed by atoms with Gasteiger partial charge >= 0.3 is 5.97 Å². The van der Waals surface area contributed by atoms with Crippen LogP contribution in [-0.2, 0) is 4.74 Å². The average Bonchev–Trinajstić information content (AvgIpc) is 2.67. The predicted octanol–water partition coefficient (Wildman–Crippen LogP) is 4.96. The molecule has 134 valence electrons. The van der Waals surface area contributed by atoms with Crippen LogP contribution in [-0.4, -0.2) is 31.2 Å². The lowest BCUT2D eigenvalue weighted by molar-refractivity contribution is 0.0499. The number of para-hydroxylation sites is 1. The topological polar surface area (TPSA) is 42.4 Å². The molecule has 0 amide bonds. The highest BCUT2D eigenvalue weighted by molar-refractivity contribution is 6.30. The first-order valence-electron chi connectivity index (χ1n) is 8.63. The number of pyridine rings is 1. The number of hydrogen-bond acceptors (Lipinski definition) is 4. The maximum atomic E-state index is 11.9. The van der Waals surface area contributed by atoms with Crippen molar-refractivity contribution in [2.24, 2.45) is 0 Å². The number of carbonyl (C=O) groups is 1. The highest BCUT2D eigenvalue weighted by Gasteiger charge is 2.07. The molecule has 0 fully saturated rings. The zero-order valence-electron chi connectivity index (χ0n) is 14.7. The van der Waals surface area contributed by atoms with Crippen LogP contribution >= 0.6 is 11.6 Å². The first kappa shape index (κ1) is 18.2. The zero-order chi connectivity index (χ0) is 18.4. The van der Waals surface area contributed by atoms with E-state index in [4.69, 9.17) is 16.3 Å². The Hall–Kier alpha value is -2.59. The van der Waals surface area contributed by atoms with Crippen molar-refractivity contribution in [1.29, 1.82) is 0 Å². The van der Waals surface area contributed by atoms with Crippen LogP contribution < -0.4 is 4.90 Å². The number of carbonyl (C=O) groups excluding carboxylic acids is 1. The molecule has 5 heteroatoms. The van der Waals surface area contributed by atoms with Crippen LogP contribution in [0.1, 0.15) is 23.2 Å². The van der Waals surface area contributed by atoms with Gasteiger partial charge in [-0.1, -0.05) is 29.8 Å². The third-order valence-corrected chi connectivity index (χ3v) is 4.43. The number of aromatic nitrogens is 1. The average molecular weight is 369 g/mol. The van der Waals surface area contributed by atoms with Crippen LogP contribution in [0.5, 0.6) is 0 Å². The third kappa shape index (κ3) is 4.73. The number of halogens is 1. The molecular weight excluding hydrogens is 348 g/mol. The number of ether oxygens (including phenoxy) is 1. The van der Waals surface area contributed by atoms with Crippen molar-refractivity contribution in [1.82, 2.24) is 4.98 Å². The molecule has 0 saturated carbocycles. The van der Waals surface area contributed by atoms with Gasteiger partial charge in [-0.25, -0.2) is 9.78 Å². The molecule has 3 aromatic rings. The van der Waals surface area contributed by atoms with Gasteiger partial charge in [0.1, 0.15) is 5.82 Å². The number of fused-ring (bicyclic) bond motifs is 1. The summed E-state index contributed by atoms with van der Waals surface area (Å²) in [5.74, 6) is 0.632. The van der Waals surface area contributed by atoms with E-state index < -0.39 is 0 Å². The molecule has 0 bridgehead atoms. The SMILES string of the molecule is CN(CCCCOC(=O)c1ccc(Cl)cc1)c1ccc2ccccc2n1. The van der Waals surface area contributed by atoms with Crippen molar-refractivity contribution in [3.63, 3.8) is 0 Å². The minimum absolute atomic E-state index is 0.314. The van der Waals surface area contributed by atoms with E-state index in [0.29, 0.717) is 17.2 Å². The minimum atomic E-state index is -0.314. The van der Waals surface area contributed by atoms with Crippen LogP contribution in [0, 0.1) is 0 Å². The molecule has 0 aliphatic heterocycles. The summed E-state index contributed by atoms with van der Waals surface area (Å²) in [5, 5.41) is 1.74. The number of benzene rings is 2. The van der Waals surface area contributed by atoms with E-state index in [1.165, 1.54) is 0 Å². The van der Waals surface area contributed by atoms with Crippen LogP contribution in [0.4, 0.5) is 5.82 Å². The van der Waals surface area contributed by atoms with Gasteiger partial charge in [-0.2, -0.15) is 0 Å². The Balaban J connectivity index is 1.42. The Bertz CT molecular complexity index is 881. The van der Waals surface area contributed by atoms with E-state index in [9.17, 15) is 4.79 Å². The van der Waals surface area contributed by atoms with E-state index in [-0.39, 0.29) is 5.97 Å². The van der Waals surface area contributed by atoms with Gasteiger partial charge in [-0.3, -0.25) is 0 Å². The van der Waals surface area contributed by atoms with E-state index in [0.717, 1.165) is 36.1 Å². The molecule has 0 spiro atoms. The number of unbranched alkanes of at least 4 members (excludes halogenated alkanes) is 1. The van der Waals surface area contributed by atoms with Crippen molar-refractivity contribution < 1.29 is 9.53 Å². The van der Waals surface area contributed by atoms with Crippen LogP contribution in [0.2, 0.25) is 5.02 Å². The second-order valence-electron chi connectivity index (χ2n) is 6.13. The molecule has 26 heavy (non-hydrogen) atoms. The molecule has 0 aliphatic carbocycles. The molecule has 2 aromatic carbocycles. The third-order valence-electron chi connectivity index (χ3n) is 4.18. The fraction of sp³-hybridized carbons (Fsp3) is 0.238. The smallest absolute Gasteiger partial charge is 0.338 e. The Morgan fingerprint density at radius 2 is 1.81 bits per heavy atom. The normalized spacial score (nSPS) is 10.7. The fourth-order valence-corrected chi connectivity index (χ4v) is 2.79. The lowest BCUT2D eigenvalue weighted by Gasteiger charge is -2.18. The maximum Gasteiger partial charge on any atom is 0.338 e. The largest absolute Gasteiger partial charge is 0.462 e. The van der Waals surface area contributed by atoms with Gasteiger partial charge < -0.3 is 9.64 Å². The Morgan fingerprint density at radius 3 is 2.62 bits per heavy atom. The number of hydrogen-bond donors (Lipinski definition) is 0. The summed E-state index contributed by atoms with van der Waals surface area (Å²) >= 11 is 5.81. The monoisotopic (exact) mass is 368 g/mol. The molecule has 1 heterocycles. The number of rotatable bonds is 7. The van der Waals surface area contributed by atoms with Gasteiger partial charge in [-0.05, 0) is 55.3 Å². The summed E-state index contributed by atoms with van der Waals surface area (Å²) in [4.78, 5) is 18.7. The summed E-state index contributed by atoms with van der Waals surface area (Å²) < 4.78 is 5.30. The molecule has 4 nitrogen and oxygen atoms in total. The van der Waals surface area contributed by atoms with Crippen LogP contribution in [0.3, 0.4) is 0 Å². The second-order valence-corrected chi connectivity index (χ2v) is 6.57. The summed E-state index contributed by atoms with van der Waals surface area (Å²) in [7, 11) is 2.02. The molecule has 0 aliphatic rings. The summed E-state index contributed by atoms with van der Waals surface area (Å²) in [6.45, 7) is 1.25. The van der Waals surface area contributed by atoms with Gasteiger partial charge in [0.05, 0.1) is 17.7 Å². The highest BCUT2D eigenvalue weighted by Crippen LogP contribution is 2.17. The second kappa shape index (κ2) is 8.68. The summed E-state index contributed by atoms with van der Waals surface area (Å²) in [6.07, 6.45) is 1.72. The number of anilines is 1. The zero-order valence-corrected chi connectivity index (χ0v) is 15.4. The molecule has 0 radical (unpaired) electrons. The van der Waals surface area contributed by atoms with Gasteiger partial charge in [-0.15, -0.1) is 0 Å². The van der Waals surface area contributed by atoms with Crippen molar-refractivity contribution >= 4 is 34.3 Å². The lowest BCUT2D eigenvalue weighted by Crippen LogP contribution is -2.20. The van der Waals surface area contributed by atoms with Gasteiger partial charge in [0, 0.05) is 24.0 Å². The predicted molar refractivity (Wildman–Crippen MR) is 106 cm³/mol. The van der Waals surface area contributed by atoms with Crippen molar-refractivity contribution in [2.75, 3.05) is 25.1 Å². The molecule has 0 N–H and O–H groups in total. The molecule has 0 atom stereocenters. The van der Waals surface area contributed by atoms with E-state index in [1.54, 1.807) is 24.3 Å². The molecule has 0 unspecified atom stereocenters. The van der Waals surface area contributed by atoms with Gasteiger partial charge in [0.15, 0.2) is 0 Å². The first-order chi connectivity index (χ1) is 12.6. The van der Waals surface area contributed by atoms with Crippen LogP contribution in [0.25, 0.3) is 10.9 Å². The van der Waals surface area contributed by atoms with E-state index in [1.807, 2.05) is 31.3 Å². The van der Waals surface area contributed by atoms with Crippen molar-refractivity contribution in [3.05, 3.63) is 71.2 Å². The molecule has 3 rings (SSSR count). The fourth-order valence-electron chi connectivity index (χ4n) is 2.67. The number of esters is 1. The molecule has 0 saturated heterocycles. The van der Waals surface area contributed by atoms with Crippen molar-refractivity contribution in [3.8, 4) is 0 Å². The maximum absolute atomic E-state index is 11.9. The summed E-state index contributed by atoms with van der Waals surface area (Å²) in [5.41, 5.74) is 1.51. The van der Waals surface area contributed by atoms with E-state index in [2.05, 4.69) is 22.0 Å². The Labute approximate surface area is 158 Å². The standard InChI is InChI=1S/C21H21ClN2O2/c1-24(20-13-10-16-6-2-3-7-19(16)23-20)14-4-5-15-26-21(25)17-8-11-18(22)12-9-17/h2-3,6-13H,4-5,14-15H2,1H3. The van der Waals surface area contributed by atoms with Gasteiger partial charge in [0.25, 0.3) is 0 Å². The molecular formula is C21H21ClN2O2. The van der Waals surface area contributed by atoms with E-state index >= 15 is 0 Å². The minimum Gasteiger partial charge on any atom is -0.462 e. The van der Waals surface area contributed by atoms with Crippen LogP contribution in [0.15, 0.2) is 60.7 Å². The Morgan fingerprint density at radius 1 is 1.04 bits per heavy atom. The number of nitrogens with zero attached hydrogens (tertiary/aromatic N) is 2. The van der Waals surface area contributed by atoms with Crippen molar-refractivity contribution in [2.45, 2.75) is 12.8 Å². The highest BCUT2D eigenvalue weighted by atomic mass is 35.5. The molecule has 1 aromatic heterocycles. The lowest BCUT2D eigenvalue weighted by atomic mass is 10.2.